The maximum atomic E-state index is 6.17. The van der Waals surface area contributed by atoms with Crippen molar-refractivity contribution in [3.8, 4) is 0 Å². The molecular weight excluding hydrogens is 268 g/mol. The second kappa shape index (κ2) is 4.78. The summed E-state index contributed by atoms with van der Waals surface area (Å²) in [4.78, 5) is 4.26. The molecule has 1 heterocycles. The number of hydrogen-bond acceptors (Lipinski definition) is 2. The number of fused-ring (bicyclic) bond motifs is 1. The molecule has 0 amide bonds. The quantitative estimate of drug-likeness (QED) is 0.859. The Morgan fingerprint density at radius 2 is 2.05 bits per heavy atom. The first-order valence-corrected chi connectivity index (χ1v) is 7.30. The summed E-state index contributed by atoms with van der Waals surface area (Å²) in [5.41, 5.74) is 5.09. The van der Waals surface area contributed by atoms with Gasteiger partial charge in [0, 0.05) is 17.4 Å². The molecule has 1 aliphatic carbocycles. The summed E-state index contributed by atoms with van der Waals surface area (Å²) < 4.78 is 0. The van der Waals surface area contributed by atoms with Crippen molar-refractivity contribution in [2.24, 2.45) is 5.41 Å². The lowest BCUT2D eigenvalue weighted by atomic mass is 9.85. The maximum Gasteiger partial charge on any atom is 0.0571 e. The van der Waals surface area contributed by atoms with E-state index in [0.29, 0.717) is 0 Å². The van der Waals surface area contributed by atoms with Gasteiger partial charge in [0.1, 0.15) is 0 Å². The molecule has 0 fully saturated rings. The fourth-order valence-electron chi connectivity index (χ4n) is 3.08. The van der Waals surface area contributed by atoms with Crippen molar-refractivity contribution in [2.45, 2.75) is 33.2 Å². The summed E-state index contributed by atoms with van der Waals surface area (Å²) >= 11 is 6.17. The minimum Gasteiger partial charge on any atom is -0.376 e. The largest absolute Gasteiger partial charge is 0.376 e. The van der Waals surface area contributed by atoms with Crippen LogP contribution in [-0.2, 0) is 6.42 Å². The van der Waals surface area contributed by atoms with Crippen LogP contribution in [-0.4, -0.2) is 4.98 Å². The van der Waals surface area contributed by atoms with E-state index >= 15 is 0 Å². The third-order valence-electron chi connectivity index (χ3n) is 4.03. The van der Waals surface area contributed by atoms with Gasteiger partial charge in [0.05, 0.1) is 11.7 Å². The Balaban J connectivity index is 1.98. The third kappa shape index (κ3) is 2.40. The van der Waals surface area contributed by atoms with E-state index in [0.717, 1.165) is 22.7 Å². The summed E-state index contributed by atoms with van der Waals surface area (Å²) in [6.45, 7) is 6.65. The molecule has 0 bridgehead atoms. The van der Waals surface area contributed by atoms with E-state index in [1.165, 1.54) is 11.1 Å². The minimum absolute atomic E-state index is 0.163. The Labute approximate surface area is 125 Å². The van der Waals surface area contributed by atoms with Crippen molar-refractivity contribution in [1.29, 1.82) is 0 Å². The highest BCUT2D eigenvalue weighted by atomic mass is 35.5. The number of aromatic nitrogens is 1. The summed E-state index contributed by atoms with van der Waals surface area (Å²) in [5, 5.41) is 4.44. The van der Waals surface area contributed by atoms with Crippen LogP contribution in [0.3, 0.4) is 0 Å². The van der Waals surface area contributed by atoms with Gasteiger partial charge in [0.25, 0.3) is 0 Å². The van der Waals surface area contributed by atoms with E-state index in [2.05, 4.69) is 49.3 Å². The molecule has 3 heteroatoms. The highest BCUT2D eigenvalue weighted by Gasteiger charge is 2.39. The number of nitrogens with one attached hydrogen (secondary N) is 1. The molecule has 2 aromatic rings. The monoisotopic (exact) mass is 286 g/mol. The number of pyridine rings is 1. The van der Waals surface area contributed by atoms with Crippen LogP contribution in [0.5, 0.6) is 0 Å². The van der Waals surface area contributed by atoms with Crippen molar-refractivity contribution in [2.75, 3.05) is 5.32 Å². The average molecular weight is 287 g/mol. The van der Waals surface area contributed by atoms with E-state index in [9.17, 15) is 0 Å². The second-order valence-electron chi connectivity index (χ2n) is 6.34. The van der Waals surface area contributed by atoms with Crippen LogP contribution in [0.25, 0.3) is 0 Å². The predicted octanol–water partition coefficient (Wildman–Crippen LogP) is 4.78. The molecular formula is C17H19ClN2. The molecule has 1 aromatic carbocycles. The van der Waals surface area contributed by atoms with Crippen LogP contribution < -0.4 is 5.32 Å². The van der Waals surface area contributed by atoms with Crippen molar-refractivity contribution < 1.29 is 0 Å². The molecule has 1 unspecified atom stereocenters. The van der Waals surface area contributed by atoms with E-state index < -0.39 is 0 Å². The van der Waals surface area contributed by atoms with Crippen LogP contribution >= 0.6 is 11.6 Å². The summed E-state index contributed by atoms with van der Waals surface area (Å²) in [7, 11) is 0. The molecule has 2 nitrogen and oxygen atoms in total. The fraction of sp³-hybridized carbons (Fsp3) is 0.353. The Morgan fingerprint density at radius 3 is 2.80 bits per heavy atom. The Hall–Kier alpha value is -1.54. The molecule has 1 aliphatic rings. The topological polar surface area (TPSA) is 24.9 Å². The third-order valence-corrected chi connectivity index (χ3v) is 4.27. The molecule has 0 saturated carbocycles. The van der Waals surface area contributed by atoms with E-state index in [4.69, 9.17) is 11.6 Å². The molecule has 0 spiro atoms. The number of aryl methyl sites for hydroxylation is 1. The fourth-order valence-corrected chi connectivity index (χ4v) is 3.26. The van der Waals surface area contributed by atoms with Crippen molar-refractivity contribution in [1.82, 2.24) is 4.98 Å². The van der Waals surface area contributed by atoms with Crippen LogP contribution in [0.1, 0.15) is 36.6 Å². The minimum atomic E-state index is 0.163. The molecule has 104 valence electrons. The van der Waals surface area contributed by atoms with Gasteiger partial charge in [-0.15, -0.1) is 0 Å². The van der Waals surface area contributed by atoms with Gasteiger partial charge in [-0.1, -0.05) is 31.5 Å². The smallest absolute Gasteiger partial charge is 0.0571 e. The zero-order valence-electron chi connectivity index (χ0n) is 12.1. The predicted molar refractivity (Wildman–Crippen MR) is 84.3 cm³/mol. The zero-order valence-corrected chi connectivity index (χ0v) is 12.8. The van der Waals surface area contributed by atoms with Gasteiger partial charge in [-0.05, 0) is 53.6 Å². The van der Waals surface area contributed by atoms with Crippen LogP contribution in [0.2, 0.25) is 5.02 Å². The molecule has 1 atom stereocenters. The molecule has 3 rings (SSSR count). The summed E-state index contributed by atoms with van der Waals surface area (Å²) in [5.74, 6) is 0. The lowest BCUT2D eigenvalue weighted by Crippen LogP contribution is -2.24. The van der Waals surface area contributed by atoms with Crippen molar-refractivity contribution >= 4 is 17.3 Å². The lowest BCUT2D eigenvalue weighted by Gasteiger charge is -2.29. The molecule has 0 aliphatic heterocycles. The van der Waals surface area contributed by atoms with E-state index in [-0.39, 0.29) is 11.5 Å². The number of rotatable bonds is 2. The normalized spacial score (nSPS) is 19.7. The van der Waals surface area contributed by atoms with E-state index in [1.807, 2.05) is 18.5 Å². The first kappa shape index (κ1) is 13.4. The first-order chi connectivity index (χ1) is 9.45. The van der Waals surface area contributed by atoms with Gasteiger partial charge in [-0.2, -0.15) is 0 Å². The first-order valence-electron chi connectivity index (χ1n) is 6.92. The van der Waals surface area contributed by atoms with Crippen LogP contribution in [0.4, 0.5) is 5.69 Å². The van der Waals surface area contributed by atoms with Gasteiger partial charge < -0.3 is 5.32 Å². The van der Waals surface area contributed by atoms with Gasteiger partial charge in [-0.3, -0.25) is 4.98 Å². The molecule has 20 heavy (non-hydrogen) atoms. The molecule has 1 aromatic heterocycles. The number of nitrogens with zero attached hydrogens (tertiary/aromatic N) is 1. The lowest BCUT2D eigenvalue weighted by molar-refractivity contribution is 0.337. The summed E-state index contributed by atoms with van der Waals surface area (Å²) in [6.07, 6.45) is 4.82. The maximum absolute atomic E-state index is 6.17. The highest BCUT2D eigenvalue weighted by Crippen LogP contribution is 2.47. The van der Waals surface area contributed by atoms with Crippen LogP contribution in [0.15, 0.2) is 36.7 Å². The van der Waals surface area contributed by atoms with Crippen molar-refractivity contribution in [3.63, 3.8) is 0 Å². The summed E-state index contributed by atoms with van der Waals surface area (Å²) in [6, 6.07) is 8.61. The Bertz CT molecular complexity index is 649. The van der Waals surface area contributed by atoms with Gasteiger partial charge in [-0.25, -0.2) is 0 Å². The number of halogens is 1. The second-order valence-corrected chi connectivity index (χ2v) is 6.77. The molecule has 1 N–H and O–H groups in total. The molecule has 0 saturated heterocycles. The van der Waals surface area contributed by atoms with Crippen molar-refractivity contribution in [3.05, 3.63) is 58.4 Å². The standard InChI is InChI=1S/C17H19ClN2/c1-11-6-14(10-19-9-11)20-16-15-7-13(18)5-4-12(15)8-17(16,2)3/h4-7,9-10,16,20H,8H2,1-3H3. The Kier molecular flexibility index (Phi) is 3.21. The Morgan fingerprint density at radius 1 is 1.25 bits per heavy atom. The SMILES string of the molecule is Cc1cncc(NC2c3cc(Cl)ccc3CC2(C)C)c1. The average Bonchev–Trinajstić information content (AvgIpc) is 2.61. The highest BCUT2D eigenvalue weighted by molar-refractivity contribution is 6.30. The van der Waals surface area contributed by atoms with Crippen LogP contribution in [0, 0.1) is 12.3 Å². The van der Waals surface area contributed by atoms with Gasteiger partial charge in [0.2, 0.25) is 0 Å². The number of benzene rings is 1. The van der Waals surface area contributed by atoms with Gasteiger partial charge >= 0.3 is 0 Å². The number of hydrogen-bond donors (Lipinski definition) is 1. The van der Waals surface area contributed by atoms with E-state index in [1.54, 1.807) is 0 Å². The number of anilines is 1. The zero-order chi connectivity index (χ0) is 14.3. The van der Waals surface area contributed by atoms with Gasteiger partial charge in [0.15, 0.2) is 0 Å². The molecule has 0 radical (unpaired) electrons.